The summed E-state index contributed by atoms with van der Waals surface area (Å²) in [7, 11) is 1.60. The van der Waals surface area contributed by atoms with Crippen LogP contribution in [0.25, 0.3) is 16.9 Å². The summed E-state index contributed by atoms with van der Waals surface area (Å²) in [5.41, 5.74) is 2.50. The summed E-state index contributed by atoms with van der Waals surface area (Å²) in [5, 5.41) is 7.54. The largest absolute Gasteiger partial charge is 0.497 e. The maximum absolute atomic E-state index is 13.3. The summed E-state index contributed by atoms with van der Waals surface area (Å²) >= 11 is 0. The molecule has 0 saturated heterocycles. The van der Waals surface area contributed by atoms with E-state index in [1.165, 1.54) is 12.1 Å². The number of rotatable bonds is 8. The molecule has 1 N–H and O–H groups in total. The third kappa shape index (κ3) is 4.57. The van der Waals surface area contributed by atoms with Gasteiger partial charge in [0.15, 0.2) is 0 Å². The van der Waals surface area contributed by atoms with Crippen LogP contribution in [0, 0.1) is 5.82 Å². The molecule has 0 radical (unpaired) electrons. The summed E-state index contributed by atoms with van der Waals surface area (Å²) < 4.78 is 20.2. The Labute approximate surface area is 164 Å². The Morgan fingerprint density at radius 3 is 2.64 bits per heavy atom. The number of aromatic nitrogens is 2. The number of carbonyl (C=O) groups is 1. The molecule has 1 amide bonds. The van der Waals surface area contributed by atoms with Gasteiger partial charge in [-0.3, -0.25) is 4.79 Å². The van der Waals surface area contributed by atoms with Crippen LogP contribution in [0.3, 0.4) is 0 Å². The summed E-state index contributed by atoms with van der Waals surface area (Å²) in [5.74, 6) is 0.163. The monoisotopic (exact) mass is 381 g/mol. The molecule has 0 bridgehead atoms. The van der Waals surface area contributed by atoms with Crippen LogP contribution in [0.5, 0.6) is 5.75 Å². The number of unbranched alkanes of at least 4 members (excludes halogenated alkanes) is 2. The van der Waals surface area contributed by atoms with Crippen LogP contribution in [-0.2, 0) is 0 Å². The highest BCUT2D eigenvalue weighted by molar-refractivity contribution is 5.94. The van der Waals surface area contributed by atoms with Crippen molar-refractivity contribution < 1.29 is 13.9 Å². The zero-order valence-corrected chi connectivity index (χ0v) is 16.1. The minimum atomic E-state index is -0.338. The number of methoxy groups -OCH3 is 1. The molecule has 2 aromatic carbocycles. The zero-order chi connectivity index (χ0) is 19.9. The van der Waals surface area contributed by atoms with Gasteiger partial charge in [-0.05, 0) is 48.9 Å². The molecule has 28 heavy (non-hydrogen) atoms. The van der Waals surface area contributed by atoms with Crippen LogP contribution >= 0.6 is 0 Å². The highest BCUT2D eigenvalue weighted by atomic mass is 19.1. The number of carbonyl (C=O) groups excluding carboxylic acids is 1. The minimum absolute atomic E-state index is 0.206. The lowest BCUT2D eigenvalue weighted by molar-refractivity contribution is 0.0945. The third-order valence-electron chi connectivity index (χ3n) is 4.44. The summed E-state index contributed by atoms with van der Waals surface area (Å²) in [4.78, 5) is 12.8. The molecule has 6 heteroatoms. The predicted molar refractivity (Wildman–Crippen MR) is 107 cm³/mol. The van der Waals surface area contributed by atoms with Crippen LogP contribution < -0.4 is 10.1 Å². The van der Waals surface area contributed by atoms with Crippen molar-refractivity contribution in [1.82, 2.24) is 15.1 Å². The summed E-state index contributed by atoms with van der Waals surface area (Å²) in [6, 6.07) is 15.1. The van der Waals surface area contributed by atoms with Crippen molar-refractivity contribution in [3.8, 4) is 22.7 Å². The molecular weight excluding hydrogens is 357 g/mol. The van der Waals surface area contributed by atoms with Crippen LogP contribution in [-0.4, -0.2) is 29.3 Å². The fourth-order valence-corrected chi connectivity index (χ4v) is 2.91. The van der Waals surface area contributed by atoms with Gasteiger partial charge >= 0.3 is 0 Å². The number of hydrogen-bond donors (Lipinski definition) is 1. The molecule has 0 saturated carbocycles. The SMILES string of the molecule is CCCCCNC(=O)c1cc(-c2cccc(OC)c2)nn1-c1ccc(F)cc1. The first-order valence-electron chi connectivity index (χ1n) is 9.41. The van der Waals surface area contributed by atoms with E-state index in [0.717, 1.165) is 24.8 Å². The Kier molecular flexibility index (Phi) is 6.42. The Morgan fingerprint density at radius 1 is 1.14 bits per heavy atom. The molecule has 1 heterocycles. The predicted octanol–water partition coefficient (Wildman–Crippen LogP) is 4.61. The minimum Gasteiger partial charge on any atom is -0.497 e. The number of halogens is 1. The summed E-state index contributed by atoms with van der Waals surface area (Å²) in [6.07, 6.45) is 3.08. The number of benzene rings is 2. The fraction of sp³-hybridized carbons (Fsp3) is 0.273. The molecule has 0 aliphatic carbocycles. The van der Waals surface area contributed by atoms with Gasteiger partial charge in [0.05, 0.1) is 18.5 Å². The standard InChI is InChI=1S/C22H24FN3O2/c1-3-4-5-13-24-22(27)21-15-20(16-7-6-8-19(14-16)28-2)25-26(21)18-11-9-17(23)10-12-18/h6-12,14-15H,3-5,13H2,1-2H3,(H,24,27). The summed E-state index contributed by atoms with van der Waals surface area (Å²) in [6.45, 7) is 2.72. The molecule has 5 nitrogen and oxygen atoms in total. The lowest BCUT2D eigenvalue weighted by atomic mass is 10.1. The molecule has 3 aromatic rings. The Hall–Kier alpha value is -3.15. The first-order valence-corrected chi connectivity index (χ1v) is 9.41. The second-order valence-corrected chi connectivity index (χ2v) is 6.50. The van der Waals surface area contributed by atoms with E-state index in [-0.39, 0.29) is 11.7 Å². The highest BCUT2D eigenvalue weighted by Crippen LogP contribution is 2.25. The first kappa shape index (κ1) is 19.6. The third-order valence-corrected chi connectivity index (χ3v) is 4.44. The fourth-order valence-electron chi connectivity index (χ4n) is 2.91. The van der Waals surface area contributed by atoms with E-state index >= 15 is 0 Å². The van der Waals surface area contributed by atoms with Crippen molar-refractivity contribution in [1.29, 1.82) is 0 Å². The van der Waals surface area contributed by atoms with Gasteiger partial charge in [-0.25, -0.2) is 9.07 Å². The number of nitrogens with zero attached hydrogens (tertiary/aromatic N) is 2. The van der Waals surface area contributed by atoms with Gasteiger partial charge in [0, 0.05) is 12.1 Å². The number of hydrogen-bond acceptors (Lipinski definition) is 3. The van der Waals surface area contributed by atoms with E-state index < -0.39 is 0 Å². The zero-order valence-electron chi connectivity index (χ0n) is 16.1. The Bertz CT molecular complexity index is 935. The average molecular weight is 381 g/mol. The molecule has 0 atom stereocenters. The van der Waals surface area contributed by atoms with Gasteiger partial charge in [0.1, 0.15) is 17.3 Å². The lowest BCUT2D eigenvalue weighted by Gasteiger charge is -2.08. The number of amides is 1. The maximum atomic E-state index is 13.3. The molecular formula is C22H24FN3O2. The van der Waals surface area contributed by atoms with Crippen molar-refractivity contribution in [2.75, 3.05) is 13.7 Å². The van der Waals surface area contributed by atoms with Crippen molar-refractivity contribution in [3.05, 3.63) is 66.1 Å². The van der Waals surface area contributed by atoms with Crippen LogP contribution in [0.15, 0.2) is 54.6 Å². The van der Waals surface area contributed by atoms with E-state index in [4.69, 9.17) is 4.74 Å². The molecule has 1 aromatic heterocycles. The van der Waals surface area contributed by atoms with Gasteiger partial charge in [-0.2, -0.15) is 5.10 Å². The van der Waals surface area contributed by atoms with Gasteiger partial charge in [0.2, 0.25) is 0 Å². The van der Waals surface area contributed by atoms with Crippen molar-refractivity contribution >= 4 is 5.91 Å². The molecule has 146 valence electrons. The number of ether oxygens (including phenoxy) is 1. The topological polar surface area (TPSA) is 56.1 Å². The molecule has 0 fully saturated rings. The average Bonchev–Trinajstić information content (AvgIpc) is 3.17. The normalized spacial score (nSPS) is 10.7. The Morgan fingerprint density at radius 2 is 1.93 bits per heavy atom. The Balaban J connectivity index is 1.96. The first-order chi connectivity index (χ1) is 13.6. The van der Waals surface area contributed by atoms with E-state index in [1.807, 2.05) is 24.3 Å². The van der Waals surface area contributed by atoms with E-state index in [2.05, 4.69) is 17.3 Å². The maximum Gasteiger partial charge on any atom is 0.270 e. The van der Waals surface area contributed by atoms with Gasteiger partial charge < -0.3 is 10.1 Å². The smallest absolute Gasteiger partial charge is 0.270 e. The highest BCUT2D eigenvalue weighted by Gasteiger charge is 2.17. The number of nitrogens with one attached hydrogen (secondary N) is 1. The second-order valence-electron chi connectivity index (χ2n) is 6.50. The van der Waals surface area contributed by atoms with Gasteiger partial charge in [-0.1, -0.05) is 31.9 Å². The quantitative estimate of drug-likeness (QED) is 0.580. The van der Waals surface area contributed by atoms with E-state index in [9.17, 15) is 9.18 Å². The van der Waals surface area contributed by atoms with Crippen molar-refractivity contribution in [2.45, 2.75) is 26.2 Å². The molecule has 0 spiro atoms. The van der Waals surface area contributed by atoms with Crippen LogP contribution in [0.1, 0.15) is 36.7 Å². The van der Waals surface area contributed by atoms with E-state index in [0.29, 0.717) is 29.4 Å². The van der Waals surface area contributed by atoms with Crippen molar-refractivity contribution in [3.63, 3.8) is 0 Å². The molecule has 0 unspecified atom stereocenters. The van der Waals surface area contributed by atoms with Crippen molar-refractivity contribution in [2.24, 2.45) is 0 Å². The van der Waals surface area contributed by atoms with Crippen LogP contribution in [0.4, 0.5) is 4.39 Å². The van der Waals surface area contributed by atoms with E-state index in [1.54, 1.807) is 30.0 Å². The molecule has 0 aliphatic rings. The second kappa shape index (κ2) is 9.17. The molecule has 3 rings (SSSR count). The van der Waals surface area contributed by atoms with Crippen LogP contribution in [0.2, 0.25) is 0 Å². The van der Waals surface area contributed by atoms with Gasteiger partial charge in [0.25, 0.3) is 5.91 Å². The molecule has 0 aliphatic heterocycles. The van der Waals surface area contributed by atoms with Gasteiger partial charge in [-0.15, -0.1) is 0 Å². The lowest BCUT2D eigenvalue weighted by Crippen LogP contribution is -2.26.